The number of nitrogens with zero attached hydrogens (tertiary/aromatic N) is 4. The molecular formula is C22H18F3N5O. The van der Waals surface area contributed by atoms with Crippen molar-refractivity contribution in [3.05, 3.63) is 72.3 Å². The molecule has 158 valence electrons. The highest BCUT2D eigenvalue weighted by molar-refractivity contribution is 5.91. The van der Waals surface area contributed by atoms with Gasteiger partial charge in [0.1, 0.15) is 6.54 Å². The molecule has 0 radical (unpaired) electrons. The Morgan fingerprint density at radius 1 is 1.10 bits per heavy atom. The number of nitrogens with one attached hydrogen (secondary N) is 1. The number of aromatic nitrogens is 4. The van der Waals surface area contributed by atoms with Crippen LogP contribution in [0.15, 0.2) is 60.9 Å². The van der Waals surface area contributed by atoms with E-state index in [4.69, 9.17) is 0 Å². The van der Waals surface area contributed by atoms with Gasteiger partial charge in [-0.2, -0.15) is 18.3 Å². The van der Waals surface area contributed by atoms with Crippen molar-refractivity contribution in [2.45, 2.75) is 31.5 Å². The average Bonchev–Trinajstić information content (AvgIpc) is 3.35. The van der Waals surface area contributed by atoms with Gasteiger partial charge in [-0.1, -0.05) is 12.1 Å². The number of carbonyl (C=O) groups excluding carboxylic acids is 1. The smallest absolute Gasteiger partial charge is 0.325 e. The summed E-state index contributed by atoms with van der Waals surface area (Å²) >= 11 is 0. The molecule has 2 aromatic heterocycles. The summed E-state index contributed by atoms with van der Waals surface area (Å²) in [5.41, 5.74) is 2.42. The number of hydrogen-bond donors (Lipinski definition) is 1. The van der Waals surface area contributed by atoms with Gasteiger partial charge in [-0.25, -0.2) is 9.67 Å². The molecule has 1 saturated carbocycles. The number of alkyl halides is 3. The Balaban J connectivity index is 1.32. The summed E-state index contributed by atoms with van der Waals surface area (Å²) in [6, 6.07) is 15.3. The van der Waals surface area contributed by atoms with E-state index in [0.29, 0.717) is 17.1 Å². The van der Waals surface area contributed by atoms with Crippen LogP contribution in [0.2, 0.25) is 0 Å². The van der Waals surface area contributed by atoms with E-state index in [-0.39, 0.29) is 18.4 Å². The first kappa shape index (κ1) is 19.3. The fourth-order valence-electron chi connectivity index (χ4n) is 3.59. The third-order valence-electron chi connectivity index (χ3n) is 5.26. The van der Waals surface area contributed by atoms with Gasteiger partial charge in [0.25, 0.3) is 0 Å². The Kier molecular flexibility index (Phi) is 4.53. The van der Waals surface area contributed by atoms with Crippen molar-refractivity contribution in [2.75, 3.05) is 5.32 Å². The summed E-state index contributed by atoms with van der Waals surface area (Å²) in [6.07, 6.45) is -1.15. The summed E-state index contributed by atoms with van der Waals surface area (Å²) in [4.78, 5) is 16.7. The van der Waals surface area contributed by atoms with Gasteiger partial charge >= 0.3 is 6.18 Å². The van der Waals surface area contributed by atoms with E-state index < -0.39 is 11.9 Å². The summed E-state index contributed by atoms with van der Waals surface area (Å²) in [7, 11) is 0. The molecule has 1 aliphatic carbocycles. The van der Waals surface area contributed by atoms with Gasteiger partial charge in [-0.3, -0.25) is 4.79 Å². The fraction of sp³-hybridized carbons (Fsp3) is 0.227. The van der Waals surface area contributed by atoms with Gasteiger partial charge in [-0.15, -0.1) is 0 Å². The molecule has 1 N–H and O–H groups in total. The highest BCUT2D eigenvalue weighted by atomic mass is 19.4. The van der Waals surface area contributed by atoms with Crippen LogP contribution < -0.4 is 5.32 Å². The van der Waals surface area contributed by atoms with Crippen molar-refractivity contribution in [1.29, 1.82) is 0 Å². The number of anilines is 1. The molecular weight excluding hydrogens is 407 g/mol. The zero-order valence-corrected chi connectivity index (χ0v) is 16.3. The number of para-hydroxylation sites is 2. The second-order valence-electron chi connectivity index (χ2n) is 7.59. The Labute approximate surface area is 175 Å². The first-order valence-corrected chi connectivity index (χ1v) is 9.86. The minimum absolute atomic E-state index is 0.0994. The van der Waals surface area contributed by atoms with Crippen LogP contribution in [-0.2, 0) is 17.5 Å². The zero-order chi connectivity index (χ0) is 21.6. The molecule has 6 nitrogen and oxygen atoms in total. The third-order valence-corrected chi connectivity index (χ3v) is 5.26. The predicted octanol–water partition coefficient (Wildman–Crippen LogP) is 4.76. The molecule has 4 aromatic rings. The standard InChI is InChI=1S/C22H18F3N5O/c23-22(24,25)20-11-19(14-5-6-14)30(28-20)16-9-7-15(8-10-16)27-21(31)12-29-13-26-17-3-1-2-4-18(17)29/h1-4,7-11,13-14H,5-6,12H2,(H,27,31). The van der Waals surface area contributed by atoms with Crippen molar-refractivity contribution in [2.24, 2.45) is 0 Å². The highest BCUT2D eigenvalue weighted by Crippen LogP contribution is 2.43. The van der Waals surface area contributed by atoms with Crippen LogP contribution in [0.1, 0.15) is 30.1 Å². The average molecular weight is 425 g/mol. The molecule has 9 heteroatoms. The van der Waals surface area contributed by atoms with E-state index in [2.05, 4.69) is 15.4 Å². The lowest BCUT2D eigenvalue weighted by atomic mass is 10.2. The summed E-state index contributed by atoms with van der Waals surface area (Å²) < 4.78 is 42.4. The van der Waals surface area contributed by atoms with Crippen LogP contribution in [0.5, 0.6) is 0 Å². The van der Waals surface area contributed by atoms with Gasteiger partial charge < -0.3 is 9.88 Å². The van der Waals surface area contributed by atoms with E-state index in [1.54, 1.807) is 35.2 Å². The molecule has 0 aliphatic heterocycles. The maximum Gasteiger partial charge on any atom is 0.435 e. The number of amides is 1. The number of benzene rings is 2. The van der Waals surface area contributed by atoms with Crippen molar-refractivity contribution in [1.82, 2.24) is 19.3 Å². The molecule has 2 heterocycles. The number of hydrogen-bond acceptors (Lipinski definition) is 3. The second-order valence-corrected chi connectivity index (χ2v) is 7.59. The van der Waals surface area contributed by atoms with Crippen LogP contribution in [0.3, 0.4) is 0 Å². The maximum absolute atomic E-state index is 13.1. The van der Waals surface area contributed by atoms with Gasteiger partial charge in [-0.05, 0) is 55.3 Å². The van der Waals surface area contributed by atoms with Gasteiger partial charge in [0.2, 0.25) is 5.91 Å². The van der Waals surface area contributed by atoms with E-state index in [0.717, 1.165) is 29.9 Å². The molecule has 0 bridgehead atoms. The minimum Gasteiger partial charge on any atom is -0.325 e. The molecule has 0 atom stereocenters. The van der Waals surface area contributed by atoms with Crippen molar-refractivity contribution < 1.29 is 18.0 Å². The monoisotopic (exact) mass is 425 g/mol. The molecule has 1 amide bonds. The van der Waals surface area contributed by atoms with E-state index in [1.165, 1.54) is 4.68 Å². The Hall–Kier alpha value is -3.62. The number of rotatable bonds is 5. The van der Waals surface area contributed by atoms with Crippen molar-refractivity contribution in [3.63, 3.8) is 0 Å². The highest BCUT2D eigenvalue weighted by Gasteiger charge is 2.38. The Bertz CT molecular complexity index is 1250. The normalized spacial score (nSPS) is 14.2. The van der Waals surface area contributed by atoms with Crippen LogP contribution in [-0.4, -0.2) is 25.2 Å². The molecule has 0 spiro atoms. The van der Waals surface area contributed by atoms with Gasteiger partial charge in [0.05, 0.1) is 23.0 Å². The first-order chi connectivity index (χ1) is 14.9. The Morgan fingerprint density at radius 3 is 2.55 bits per heavy atom. The summed E-state index contributed by atoms with van der Waals surface area (Å²) in [5, 5.41) is 6.58. The quantitative estimate of drug-likeness (QED) is 0.502. The lowest BCUT2D eigenvalue weighted by Gasteiger charge is -2.10. The minimum atomic E-state index is -4.49. The largest absolute Gasteiger partial charge is 0.435 e. The van der Waals surface area contributed by atoms with Gasteiger partial charge in [0.15, 0.2) is 5.69 Å². The number of halogens is 3. The molecule has 2 aromatic carbocycles. The fourth-order valence-corrected chi connectivity index (χ4v) is 3.59. The first-order valence-electron chi connectivity index (χ1n) is 9.86. The van der Waals surface area contributed by atoms with E-state index in [1.807, 2.05) is 24.3 Å². The second kappa shape index (κ2) is 7.26. The van der Waals surface area contributed by atoms with Crippen LogP contribution in [0.25, 0.3) is 16.7 Å². The predicted molar refractivity (Wildman–Crippen MR) is 109 cm³/mol. The van der Waals surface area contributed by atoms with Crippen LogP contribution >= 0.6 is 0 Å². The third kappa shape index (κ3) is 3.90. The summed E-state index contributed by atoms with van der Waals surface area (Å²) in [6.45, 7) is 0.0994. The van der Waals surface area contributed by atoms with E-state index >= 15 is 0 Å². The lowest BCUT2D eigenvalue weighted by Crippen LogP contribution is -2.18. The van der Waals surface area contributed by atoms with Crippen LogP contribution in [0, 0.1) is 0 Å². The molecule has 0 saturated heterocycles. The zero-order valence-electron chi connectivity index (χ0n) is 16.3. The molecule has 0 unspecified atom stereocenters. The van der Waals surface area contributed by atoms with Crippen LogP contribution in [0.4, 0.5) is 18.9 Å². The SMILES string of the molecule is O=C(Cn1cnc2ccccc21)Nc1ccc(-n2nc(C(F)(F)F)cc2C2CC2)cc1. The Morgan fingerprint density at radius 2 is 1.84 bits per heavy atom. The number of imidazole rings is 1. The van der Waals surface area contributed by atoms with E-state index in [9.17, 15) is 18.0 Å². The van der Waals surface area contributed by atoms with Crippen molar-refractivity contribution >= 4 is 22.6 Å². The topological polar surface area (TPSA) is 64.7 Å². The van der Waals surface area contributed by atoms with Gasteiger partial charge in [0, 0.05) is 17.3 Å². The summed E-state index contributed by atoms with van der Waals surface area (Å²) in [5.74, 6) is -0.124. The molecule has 1 aliphatic rings. The number of fused-ring (bicyclic) bond motifs is 1. The molecule has 5 rings (SSSR count). The molecule has 31 heavy (non-hydrogen) atoms. The maximum atomic E-state index is 13.1. The molecule has 1 fully saturated rings. The lowest BCUT2D eigenvalue weighted by molar-refractivity contribution is -0.141. The number of carbonyl (C=O) groups is 1. The van der Waals surface area contributed by atoms with Crippen molar-refractivity contribution in [3.8, 4) is 5.69 Å².